The van der Waals surface area contributed by atoms with E-state index >= 15 is 0 Å². The molecule has 0 aliphatic carbocycles. The van der Waals surface area contributed by atoms with E-state index in [0.29, 0.717) is 32.7 Å². The van der Waals surface area contributed by atoms with Crippen LogP contribution >= 0.6 is 23.4 Å². The average molecular weight is 404 g/mol. The van der Waals surface area contributed by atoms with Crippen LogP contribution in [-0.2, 0) is 4.74 Å². The number of Topliss-reactive ketones (excluding diaryl/α,β-unsaturated/α-hetero) is 1. The Labute approximate surface area is 165 Å². The van der Waals surface area contributed by atoms with E-state index in [2.05, 4.69) is 9.97 Å². The second-order valence-electron chi connectivity index (χ2n) is 5.89. The van der Waals surface area contributed by atoms with Gasteiger partial charge in [-0.15, -0.1) is 0 Å². The number of carbonyl (C=O) groups is 2. The van der Waals surface area contributed by atoms with Gasteiger partial charge in [-0.1, -0.05) is 29.4 Å². The van der Waals surface area contributed by atoms with Gasteiger partial charge in [-0.2, -0.15) is 0 Å². The molecule has 27 heavy (non-hydrogen) atoms. The molecular weight excluding hydrogens is 386 g/mol. The number of benzene rings is 1. The minimum Gasteiger partial charge on any atom is -0.465 e. The van der Waals surface area contributed by atoms with Crippen molar-refractivity contribution >= 4 is 35.1 Å². The fraction of sp³-hybridized carbons (Fsp3) is 0.211. The third kappa shape index (κ3) is 3.94. The summed E-state index contributed by atoms with van der Waals surface area (Å²) in [6.45, 7) is 3.48. The first-order valence-electron chi connectivity index (χ1n) is 8.15. The zero-order valence-electron chi connectivity index (χ0n) is 15.1. The number of esters is 1. The summed E-state index contributed by atoms with van der Waals surface area (Å²) in [5.74, 6) is -0.389. The number of carbonyl (C=O) groups excluding carboxylic acids is 2. The monoisotopic (exact) mass is 403 g/mol. The highest BCUT2D eigenvalue weighted by molar-refractivity contribution is 7.99. The van der Waals surface area contributed by atoms with E-state index in [4.69, 9.17) is 16.3 Å². The number of aryl methyl sites for hydroxylation is 1. The number of nitrogens with zero attached hydrogens (tertiary/aromatic N) is 2. The number of thioether (sulfide) groups is 1. The molecular formula is C19H18ClN3O3S. The van der Waals surface area contributed by atoms with Crippen LogP contribution in [0.4, 0.5) is 0 Å². The van der Waals surface area contributed by atoms with Crippen LogP contribution in [0.1, 0.15) is 32.1 Å². The highest BCUT2D eigenvalue weighted by Crippen LogP contribution is 2.25. The number of rotatable bonds is 6. The third-order valence-corrected chi connectivity index (χ3v) is 5.33. The predicted octanol–water partition coefficient (Wildman–Crippen LogP) is 4.23. The van der Waals surface area contributed by atoms with Crippen LogP contribution < -0.4 is 0 Å². The Morgan fingerprint density at radius 2 is 2.11 bits per heavy atom. The molecule has 6 nitrogen and oxygen atoms in total. The lowest BCUT2D eigenvalue weighted by molar-refractivity contribution is 0.0599. The normalized spacial score (nSPS) is 10.8. The zero-order chi connectivity index (χ0) is 19.6. The Morgan fingerprint density at radius 3 is 2.81 bits per heavy atom. The maximum absolute atomic E-state index is 12.7. The lowest BCUT2D eigenvalue weighted by atomic mass is 10.1. The molecule has 0 atom stereocenters. The molecule has 0 spiro atoms. The van der Waals surface area contributed by atoms with Crippen LogP contribution in [-0.4, -0.2) is 39.2 Å². The van der Waals surface area contributed by atoms with E-state index < -0.39 is 5.97 Å². The molecule has 0 fully saturated rings. The third-order valence-electron chi connectivity index (χ3n) is 4.13. The van der Waals surface area contributed by atoms with Crippen molar-refractivity contribution in [3.05, 3.63) is 64.2 Å². The summed E-state index contributed by atoms with van der Waals surface area (Å²) in [5, 5.41) is 1.31. The zero-order valence-corrected chi connectivity index (χ0v) is 16.6. The standard InChI is InChI=1S/C19H18ClN3O3S/c1-11-16(18(25)26-3)12(2)22-17(11)15(24)10-27-19-21-7-8-23(19)14-6-4-5-13(20)9-14/h4-9,22H,10H2,1-3H3. The molecule has 2 aromatic heterocycles. The summed E-state index contributed by atoms with van der Waals surface area (Å²) < 4.78 is 6.66. The number of nitrogens with one attached hydrogen (secondary N) is 1. The van der Waals surface area contributed by atoms with Crippen molar-refractivity contribution < 1.29 is 14.3 Å². The van der Waals surface area contributed by atoms with Gasteiger partial charge in [0.15, 0.2) is 10.9 Å². The lowest BCUT2D eigenvalue weighted by Crippen LogP contribution is -2.07. The predicted molar refractivity (Wildman–Crippen MR) is 105 cm³/mol. The minimum absolute atomic E-state index is 0.114. The van der Waals surface area contributed by atoms with E-state index in [-0.39, 0.29) is 11.5 Å². The number of imidazole rings is 1. The molecule has 0 bridgehead atoms. The summed E-state index contributed by atoms with van der Waals surface area (Å²) >= 11 is 7.38. The first kappa shape index (κ1) is 19.3. The van der Waals surface area contributed by atoms with Crippen molar-refractivity contribution in [1.82, 2.24) is 14.5 Å². The summed E-state index contributed by atoms with van der Waals surface area (Å²) in [7, 11) is 1.32. The van der Waals surface area contributed by atoms with Gasteiger partial charge >= 0.3 is 5.97 Å². The molecule has 3 aromatic rings. The minimum atomic E-state index is -0.454. The van der Waals surface area contributed by atoms with E-state index in [1.54, 1.807) is 26.1 Å². The van der Waals surface area contributed by atoms with Crippen LogP contribution in [0, 0.1) is 13.8 Å². The van der Waals surface area contributed by atoms with Crippen molar-refractivity contribution in [3.8, 4) is 5.69 Å². The Balaban J connectivity index is 1.78. The first-order valence-corrected chi connectivity index (χ1v) is 9.51. The summed E-state index contributed by atoms with van der Waals surface area (Å²) in [6.07, 6.45) is 3.49. The maximum Gasteiger partial charge on any atom is 0.339 e. The largest absolute Gasteiger partial charge is 0.465 e. The molecule has 3 rings (SSSR count). The van der Waals surface area contributed by atoms with Crippen molar-refractivity contribution in [2.24, 2.45) is 0 Å². The second-order valence-corrected chi connectivity index (χ2v) is 7.27. The molecule has 0 saturated heterocycles. The van der Waals surface area contributed by atoms with Crippen LogP contribution in [0.5, 0.6) is 0 Å². The fourth-order valence-corrected chi connectivity index (χ4v) is 3.89. The summed E-state index contributed by atoms with van der Waals surface area (Å²) in [4.78, 5) is 31.9. The molecule has 0 radical (unpaired) electrons. The number of methoxy groups -OCH3 is 1. The van der Waals surface area contributed by atoms with Gasteiger partial charge in [0.05, 0.1) is 24.1 Å². The Hall–Kier alpha value is -2.51. The van der Waals surface area contributed by atoms with Gasteiger partial charge in [0, 0.05) is 28.8 Å². The number of aromatic nitrogens is 3. The van der Waals surface area contributed by atoms with Crippen LogP contribution in [0.15, 0.2) is 41.8 Å². The first-order chi connectivity index (χ1) is 12.9. The molecule has 8 heteroatoms. The number of halogens is 1. The number of aromatic amines is 1. The van der Waals surface area contributed by atoms with Crippen molar-refractivity contribution in [1.29, 1.82) is 0 Å². The smallest absolute Gasteiger partial charge is 0.339 e. The topological polar surface area (TPSA) is 77.0 Å². The molecule has 2 heterocycles. The summed E-state index contributed by atoms with van der Waals surface area (Å²) in [6, 6.07) is 7.40. The summed E-state index contributed by atoms with van der Waals surface area (Å²) in [5.41, 5.74) is 2.92. The molecule has 0 amide bonds. The highest BCUT2D eigenvalue weighted by atomic mass is 35.5. The van der Waals surface area contributed by atoms with Crippen molar-refractivity contribution in [2.45, 2.75) is 19.0 Å². The van der Waals surface area contributed by atoms with Gasteiger partial charge in [-0.3, -0.25) is 9.36 Å². The van der Waals surface area contributed by atoms with Gasteiger partial charge in [0.25, 0.3) is 0 Å². The number of hydrogen-bond acceptors (Lipinski definition) is 5. The van der Waals surface area contributed by atoms with E-state index in [9.17, 15) is 9.59 Å². The van der Waals surface area contributed by atoms with Crippen LogP contribution in [0.2, 0.25) is 5.02 Å². The Bertz CT molecular complexity index is 1010. The lowest BCUT2D eigenvalue weighted by Gasteiger charge is -2.07. The number of ether oxygens (including phenoxy) is 1. The van der Waals surface area contributed by atoms with E-state index in [0.717, 1.165) is 5.69 Å². The maximum atomic E-state index is 12.7. The fourth-order valence-electron chi connectivity index (χ4n) is 2.86. The van der Waals surface area contributed by atoms with Gasteiger partial charge in [0.1, 0.15) is 0 Å². The Morgan fingerprint density at radius 1 is 1.33 bits per heavy atom. The number of ketones is 1. The molecule has 0 aliphatic rings. The molecule has 0 aliphatic heterocycles. The molecule has 1 aromatic carbocycles. The van der Waals surface area contributed by atoms with E-state index in [1.165, 1.54) is 18.9 Å². The van der Waals surface area contributed by atoms with Crippen molar-refractivity contribution in [2.75, 3.05) is 12.9 Å². The van der Waals surface area contributed by atoms with Gasteiger partial charge in [-0.05, 0) is 37.6 Å². The van der Waals surface area contributed by atoms with Gasteiger partial charge in [0.2, 0.25) is 0 Å². The second kappa shape index (κ2) is 8.02. The average Bonchev–Trinajstić information content (AvgIpc) is 3.23. The molecule has 1 N–H and O–H groups in total. The van der Waals surface area contributed by atoms with Crippen molar-refractivity contribution in [3.63, 3.8) is 0 Å². The SMILES string of the molecule is COC(=O)c1c(C)[nH]c(C(=O)CSc2nccn2-c2cccc(Cl)c2)c1C. The van der Waals surface area contributed by atoms with Crippen LogP contribution in [0.3, 0.4) is 0 Å². The molecule has 140 valence electrons. The van der Waals surface area contributed by atoms with Crippen LogP contribution in [0.25, 0.3) is 5.69 Å². The highest BCUT2D eigenvalue weighted by Gasteiger charge is 2.22. The Kier molecular flexibility index (Phi) is 5.72. The molecule has 0 saturated carbocycles. The number of hydrogen-bond donors (Lipinski definition) is 1. The van der Waals surface area contributed by atoms with Gasteiger partial charge in [-0.25, -0.2) is 9.78 Å². The quantitative estimate of drug-likeness (QED) is 0.378. The number of H-pyrrole nitrogens is 1. The van der Waals surface area contributed by atoms with E-state index in [1.807, 2.05) is 29.0 Å². The van der Waals surface area contributed by atoms with Gasteiger partial charge < -0.3 is 9.72 Å². The molecule has 0 unspecified atom stereocenters.